The Bertz CT molecular complexity index is 739. The van der Waals surface area contributed by atoms with Gasteiger partial charge in [-0.15, -0.1) is 0 Å². The number of nitrogens with zero attached hydrogens (tertiary/aromatic N) is 2. The highest BCUT2D eigenvalue weighted by molar-refractivity contribution is 6.68. The van der Waals surface area contributed by atoms with Gasteiger partial charge in [0.2, 0.25) is 0 Å². The highest BCUT2D eigenvalue weighted by Crippen LogP contribution is 2.45. The second kappa shape index (κ2) is 4.94. The van der Waals surface area contributed by atoms with Crippen LogP contribution >= 0.6 is 0 Å². The fourth-order valence-corrected chi connectivity index (χ4v) is 3.26. The molecule has 0 atom stereocenters. The minimum atomic E-state index is -0.116. The van der Waals surface area contributed by atoms with Crippen LogP contribution in [0.5, 0.6) is 0 Å². The van der Waals surface area contributed by atoms with Crippen LogP contribution in [0.3, 0.4) is 0 Å². The zero-order valence-corrected chi connectivity index (χ0v) is 14.4. The molecular formula is C18H24BN3O. The molecule has 5 heteroatoms. The molecule has 0 amide bonds. The molecule has 4 nitrogen and oxygen atoms in total. The maximum atomic E-state index is 6.37. The van der Waals surface area contributed by atoms with Gasteiger partial charge in [-0.3, -0.25) is 0 Å². The first kappa shape index (κ1) is 14.9. The number of fused-ring (bicyclic) bond motifs is 1. The van der Waals surface area contributed by atoms with E-state index < -0.39 is 0 Å². The third-order valence-electron chi connectivity index (χ3n) is 5.71. The summed E-state index contributed by atoms with van der Waals surface area (Å²) in [6.07, 6.45) is 5.15. The highest BCUT2D eigenvalue weighted by Gasteiger charge is 2.49. The van der Waals surface area contributed by atoms with E-state index in [1.165, 1.54) is 18.3 Å². The first-order chi connectivity index (χ1) is 10.9. The Hall–Kier alpha value is -1.62. The topological polar surface area (TPSA) is 47.0 Å². The molecule has 2 fully saturated rings. The lowest BCUT2D eigenvalue weighted by atomic mass is 9.54. The summed E-state index contributed by atoms with van der Waals surface area (Å²) in [6.45, 7) is 9.10. The quantitative estimate of drug-likeness (QED) is 0.884. The van der Waals surface area contributed by atoms with E-state index in [-0.39, 0.29) is 17.9 Å². The number of hydrogen-bond acceptors (Lipinski definition) is 4. The van der Waals surface area contributed by atoms with Crippen molar-refractivity contribution in [3.63, 3.8) is 0 Å². The van der Waals surface area contributed by atoms with Crippen LogP contribution in [0, 0.1) is 5.41 Å². The number of rotatable bonds is 3. The van der Waals surface area contributed by atoms with Crippen LogP contribution in [-0.4, -0.2) is 28.5 Å². The van der Waals surface area contributed by atoms with Gasteiger partial charge in [0.05, 0.1) is 11.1 Å². The summed E-state index contributed by atoms with van der Waals surface area (Å²) in [5.74, 6) is 0.955. The predicted molar refractivity (Wildman–Crippen MR) is 95.3 cm³/mol. The van der Waals surface area contributed by atoms with Crippen LogP contribution in [0.25, 0.3) is 10.9 Å². The lowest BCUT2D eigenvalue weighted by Crippen LogP contribution is -2.36. The van der Waals surface area contributed by atoms with Crippen molar-refractivity contribution >= 4 is 29.1 Å². The summed E-state index contributed by atoms with van der Waals surface area (Å²) in [5.41, 5.74) is 2.26. The molecule has 2 aliphatic rings. The Morgan fingerprint density at radius 3 is 2.61 bits per heavy atom. The first-order valence-electron chi connectivity index (χ1n) is 8.55. The molecule has 2 aromatic rings. The maximum absolute atomic E-state index is 6.37. The number of hydrogen-bond donors (Lipinski definition) is 1. The van der Waals surface area contributed by atoms with E-state index >= 15 is 0 Å². The molecule has 1 aromatic carbocycles. The fourth-order valence-electron chi connectivity index (χ4n) is 3.26. The van der Waals surface area contributed by atoms with Crippen LogP contribution in [0.1, 0.15) is 40.5 Å². The summed E-state index contributed by atoms with van der Waals surface area (Å²) >= 11 is 0. The van der Waals surface area contributed by atoms with Gasteiger partial charge in [0.15, 0.2) is 0 Å². The molecule has 1 N–H and O–H groups in total. The molecule has 23 heavy (non-hydrogen) atoms. The van der Waals surface area contributed by atoms with E-state index in [2.05, 4.69) is 61.2 Å². The monoisotopic (exact) mass is 309 g/mol. The Kier molecular flexibility index (Phi) is 3.21. The smallest absolute Gasteiger partial charge is 0.327 e. The minimum Gasteiger partial charge on any atom is -0.426 e. The van der Waals surface area contributed by atoms with Gasteiger partial charge in [0.25, 0.3) is 0 Å². The van der Waals surface area contributed by atoms with E-state index in [9.17, 15) is 0 Å². The molecule has 2 heterocycles. The van der Waals surface area contributed by atoms with E-state index in [0.29, 0.717) is 6.04 Å². The molecule has 0 spiro atoms. The minimum absolute atomic E-state index is 0.116. The van der Waals surface area contributed by atoms with Gasteiger partial charge in [-0.1, -0.05) is 26.0 Å². The van der Waals surface area contributed by atoms with Crippen LogP contribution < -0.4 is 10.8 Å². The zero-order valence-electron chi connectivity index (χ0n) is 14.4. The van der Waals surface area contributed by atoms with E-state index in [1.807, 2.05) is 0 Å². The van der Waals surface area contributed by atoms with Crippen LogP contribution in [0.15, 0.2) is 24.5 Å². The van der Waals surface area contributed by atoms with Gasteiger partial charge in [-0.05, 0) is 50.0 Å². The third kappa shape index (κ3) is 2.61. The Labute approximate surface area is 138 Å². The molecule has 1 aromatic heterocycles. The summed E-state index contributed by atoms with van der Waals surface area (Å²) in [5, 5.41) is 4.62. The maximum Gasteiger partial charge on any atom is 0.327 e. The predicted octanol–water partition coefficient (Wildman–Crippen LogP) is 3.24. The number of aromatic nitrogens is 2. The standard InChI is InChI=1S/C18H24BN3O/c1-17(2)10-19(23-18(17,3)4)12-5-8-15-14(9-12)16(21-11-20-15)22-13-6-7-13/h5,8-9,11,13H,6-7,10H2,1-4H3,(H,20,21,22). The SMILES string of the molecule is CC1(C)CB(c2ccc3ncnc(NC4CC4)c3c2)OC1(C)C. The normalized spacial score (nSPS) is 22.5. The van der Waals surface area contributed by atoms with Crippen molar-refractivity contribution < 1.29 is 4.65 Å². The molecule has 0 unspecified atom stereocenters. The Morgan fingerprint density at radius 2 is 1.96 bits per heavy atom. The summed E-state index contributed by atoms with van der Waals surface area (Å²) in [6, 6.07) is 7.03. The second-order valence-electron chi connectivity index (χ2n) is 8.12. The molecule has 4 rings (SSSR count). The third-order valence-corrected chi connectivity index (χ3v) is 5.71. The average molecular weight is 309 g/mol. The van der Waals surface area contributed by atoms with Gasteiger partial charge >= 0.3 is 6.92 Å². The van der Waals surface area contributed by atoms with E-state index in [4.69, 9.17) is 4.65 Å². The van der Waals surface area contributed by atoms with Crippen molar-refractivity contribution in [2.24, 2.45) is 5.41 Å². The largest absolute Gasteiger partial charge is 0.426 e. The number of anilines is 1. The van der Waals surface area contributed by atoms with Crippen LogP contribution in [0.2, 0.25) is 6.32 Å². The number of benzene rings is 1. The molecule has 1 saturated carbocycles. The van der Waals surface area contributed by atoms with E-state index in [1.54, 1.807) is 6.33 Å². The van der Waals surface area contributed by atoms with Crippen molar-refractivity contribution in [3.05, 3.63) is 24.5 Å². The van der Waals surface area contributed by atoms with Crippen molar-refractivity contribution in [2.45, 2.75) is 58.5 Å². The molecule has 1 aliphatic heterocycles. The van der Waals surface area contributed by atoms with Crippen molar-refractivity contribution in [2.75, 3.05) is 5.32 Å². The number of nitrogens with one attached hydrogen (secondary N) is 1. The van der Waals surface area contributed by atoms with Gasteiger partial charge in [-0.2, -0.15) is 0 Å². The molecule has 1 aliphatic carbocycles. The Morgan fingerprint density at radius 1 is 1.17 bits per heavy atom. The highest BCUT2D eigenvalue weighted by atomic mass is 16.5. The molecule has 120 valence electrons. The van der Waals surface area contributed by atoms with Gasteiger partial charge in [0, 0.05) is 11.4 Å². The van der Waals surface area contributed by atoms with E-state index in [0.717, 1.165) is 23.0 Å². The first-order valence-corrected chi connectivity index (χ1v) is 8.55. The van der Waals surface area contributed by atoms with Gasteiger partial charge in [0.1, 0.15) is 12.1 Å². The average Bonchev–Trinajstić information content (AvgIpc) is 3.26. The lowest BCUT2D eigenvalue weighted by Gasteiger charge is -2.34. The molecule has 0 bridgehead atoms. The lowest BCUT2D eigenvalue weighted by molar-refractivity contribution is 0.0375. The fraction of sp³-hybridized carbons (Fsp3) is 0.556. The van der Waals surface area contributed by atoms with Crippen LogP contribution in [0.4, 0.5) is 5.82 Å². The summed E-state index contributed by atoms with van der Waals surface area (Å²) in [7, 11) is 0. The molecule has 1 saturated heterocycles. The summed E-state index contributed by atoms with van der Waals surface area (Å²) in [4.78, 5) is 8.85. The zero-order chi connectivity index (χ0) is 16.2. The summed E-state index contributed by atoms with van der Waals surface area (Å²) < 4.78 is 6.37. The Balaban J connectivity index is 1.71. The molecular weight excluding hydrogens is 285 g/mol. The second-order valence-corrected chi connectivity index (χ2v) is 8.12. The van der Waals surface area contributed by atoms with Crippen molar-refractivity contribution in [1.82, 2.24) is 9.97 Å². The molecule has 0 radical (unpaired) electrons. The van der Waals surface area contributed by atoms with Crippen molar-refractivity contribution in [3.8, 4) is 0 Å². The van der Waals surface area contributed by atoms with Gasteiger partial charge < -0.3 is 9.97 Å². The van der Waals surface area contributed by atoms with Crippen LogP contribution in [-0.2, 0) is 4.65 Å². The van der Waals surface area contributed by atoms with Gasteiger partial charge in [-0.25, -0.2) is 9.97 Å². The van der Waals surface area contributed by atoms with Crippen molar-refractivity contribution in [1.29, 1.82) is 0 Å².